The van der Waals surface area contributed by atoms with E-state index in [0.29, 0.717) is 32.0 Å². The molecule has 3 saturated carbocycles. The Morgan fingerprint density at radius 2 is 1.65 bits per heavy atom. The van der Waals surface area contributed by atoms with E-state index in [1.165, 1.54) is 12.5 Å². The maximum atomic E-state index is 13.4. The Bertz CT molecular complexity index is 1280. The Morgan fingerprint density at radius 3 is 2.23 bits per heavy atom. The van der Waals surface area contributed by atoms with E-state index in [0.717, 1.165) is 25.7 Å². The maximum Gasteiger partial charge on any atom is 0.320 e. The zero-order valence-corrected chi connectivity index (χ0v) is 30.5. The molecule has 2 bridgehead atoms. The SMILES string of the molecule is CC(=O)O[C@@H]1C[C@@]23COC[C@@](C)([C@@H]2CC[C@H]2C3=CC[C@@]3(C)[C@H](C(=O)O)[C@@](C)([C@H](C)C(C)C)CC[C@]23C)[C@H]1OC(=O)CN(CCO)CCO. The molecular weight excluding hydrogens is 614 g/mol. The molecule has 5 rings (SSSR count). The summed E-state index contributed by atoms with van der Waals surface area (Å²) in [6, 6.07) is 0. The van der Waals surface area contributed by atoms with E-state index in [4.69, 9.17) is 14.2 Å². The first-order valence-electron chi connectivity index (χ1n) is 18.3. The summed E-state index contributed by atoms with van der Waals surface area (Å²) in [5, 5.41) is 29.9. The molecule has 1 saturated heterocycles. The molecule has 4 aliphatic carbocycles. The van der Waals surface area contributed by atoms with Crippen molar-refractivity contribution in [2.75, 3.05) is 46.1 Å². The molecule has 5 aliphatic rings. The van der Waals surface area contributed by atoms with Gasteiger partial charge in [0, 0.05) is 30.8 Å². The van der Waals surface area contributed by atoms with E-state index < -0.39 is 52.3 Å². The number of hydrogen-bond donors (Lipinski definition) is 3. The number of nitrogens with zero attached hydrogens (tertiary/aromatic N) is 1. The number of fused-ring (bicyclic) bond motifs is 3. The van der Waals surface area contributed by atoms with Crippen molar-refractivity contribution in [3.05, 3.63) is 11.6 Å². The van der Waals surface area contributed by atoms with Gasteiger partial charge in [0.15, 0.2) is 0 Å². The summed E-state index contributed by atoms with van der Waals surface area (Å²) in [4.78, 5) is 41.0. The Kier molecular flexibility index (Phi) is 10.3. The van der Waals surface area contributed by atoms with Crippen LogP contribution in [0.4, 0.5) is 0 Å². The smallest absolute Gasteiger partial charge is 0.320 e. The van der Waals surface area contributed by atoms with E-state index in [9.17, 15) is 29.7 Å². The van der Waals surface area contributed by atoms with Crippen LogP contribution in [-0.4, -0.2) is 96.4 Å². The minimum absolute atomic E-state index is 0.0968. The fourth-order valence-corrected chi connectivity index (χ4v) is 12.0. The molecule has 10 heteroatoms. The van der Waals surface area contributed by atoms with Gasteiger partial charge < -0.3 is 29.5 Å². The minimum Gasteiger partial charge on any atom is -0.481 e. The largest absolute Gasteiger partial charge is 0.481 e. The number of allylic oxidation sites excluding steroid dienone is 1. The Labute approximate surface area is 286 Å². The predicted octanol–water partition coefficient (Wildman–Crippen LogP) is 4.71. The summed E-state index contributed by atoms with van der Waals surface area (Å²) in [5.74, 6) is -1.17. The molecule has 10 nitrogen and oxygen atoms in total. The standard InChI is InChI=1S/C38H61NO9/c1-23(2)24(3)34(5)13-14-36(7)26-9-10-29-35(6)21-46-22-38(29,27(26)11-12-37(36,8)31(34)33(44)45)19-28(47-25(4)42)32(35)48-30(43)20-39(15-17-40)16-18-41/h11,23-24,26,28-29,31-32,40-41H,9-10,12-22H2,1-8H3,(H,44,45)/t24-,26+,28-,29+,31-,32+,34-,35+,36-,37+,38+/m1/s1. The number of aliphatic hydroxyl groups is 2. The molecule has 48 heavy (non-hydrogen) atoms. The van der Waals surface area contributed by atoms with Crippen LogP contribution in [0.15, 0.2) is 11.6 Å². The van der Waals surface area contributed by atoms with Crippen molar-refractivity contribution < 1.29 is 43.9 Å². The molecule has 0 aromatic carbocycles. The van der Waals surface area contributed by atoms with Gasteiger partial charge in [-0.05, 0) is 78.4 Å². The van der Waals surface area contributed by atoms with E-state index in [1.54, 1.807) is 4.90 Å². The summed E-state index contributed by atoms with van der Waals surface area (Å²) in [6.45, 7) is 17.9. The number of aliphatic hydroxyl groups excluding tert-OH is 2. The van der Waals surface area contributed by atoms with Crippen LogP contribution in [0.5, 0.6) is 0 Å². The lowest BCUT2D eigenvalue weighted by atomic mass is 9.34. The molecular formula is C38H61NO9. The van der Waals surface area contributed by atoms with E-state index in [1.807, 2.05) is 0 Å². The lowest BCUT2D eigenvalue weighted by Gasteiger charge is -2.71. The van der Waals surface area contributed by atoms with Gasteiger partial charge in [-0.15, -0.1) is 0 Å². The molecule has 0 unspecified atom stereocenters. The molecule has 1 heterocycles. The first-order valence-corrected chi connectivity index (χ1v) is 18.3. The molecule has 3 N–H and O–H groups in total. The second kappa shape index (κ2) is 13.3. The number of esters is 2. The van der Waals surface area contributed by atoms with Gasteiger partial charge in [-0.25, -0.2) is 0 Å². The van der Waals surface area contributed by atoms with Gasteiger partial charge in [-0.1, -0.05) is 60.1 Å². The number of hydrogen-bond acceptors (Lipinski definition) is 9. The van der Waals surface area contributed by atoms with Crippen molar-refractivity contribution in [1.82, 2.24) is 4.90 Å². The van der Waals surface area contributed by atoms with Gasteiger partial charge in [0.1, 0.15) is 12.2 Å². The van der Waals surface area contributed by atoms with Gasteiger partial charge >= 0.3 is 17.9 Å². The number of ether oxygens (including phenoxy) is 3. The van der Waals surface area contributed by atoms with E-state index in [-0.39, 0.29) is 61.4 Å². The first kappa shape index (κ1) is 37.3. The number of carboxylic acid groups (broad SMARTS) is 1. The van der Waals surface area contributed by atoms with Crippen molar-refractivity contribution >= 4 is 17.9 Å². The second-order valence-corrected chi connectivity index (χ2v) is 17.3. The number of carbonyl (C=O) groups is 3. The second-order valence-electron chi connectivity index (χ2n) is 17.3. The van der Waals surface area contributed by atoms with Crippen LogP contribution < -0.4 is 0 Å². The Morgan fingerprint density at radius 1 is 0.979 bits per heavy atom. The van der Waals surface area contributed by atoms with Crippen molar-refractivity contribution in [3.63, 3.8) is 0 Å². The minimum atomic E-state index is -0.719. The van der Waals surface area contributed by atoms with Crippen molar-refractivity contribution in [2.45, 2.75) is 106 Å². The van der Waals surface area contributed by atoms with Gasteiger partial charge in [-0.3, -0.25) is 19.3 Å². The molecule has 0 aromatic rings. The summed E-state index contributed by atoms with van der Waals surface area (Å²) in [7, 11) is 0. The molecule has 1 aliphatic heterocycles. The molecule has 0 aromatic heterocycles. The fraction of sp³-hybridized carbons (Fsp3) is 0.868. The van der Waals surface area contributed by atoms with Gasteiger partial charge in [0.2, 0.25) is 0 Å². The average molecular weight is 676 g/mol. The topological polar surface area (TPSA) is 143 Å². The van der Waals surface area contributed by atoms with Crippen molar-refractivity contribution in [2.24, 2.45) is 56.7 Å². The van der Waals surface area contributed by atoms with Gasteiger partial charge in [0.25, 0.3) is 0 Å². The normalized spacial score (nSPS) is 42.6. The highest BCUT2D eigenvalue weighted by molar-refractivity contribution is 5.73. The Balaban J connectivity index is 1.53. The highest BCUT2D eigenvalue weighted by Crippen LogP contribution is 2.75. The van der Waals surface area contributed by atoms with Crippen LogP contribution >= 0.6 is 0 Å². The predicted molar refractivity (Wildman–Crippen MR) is 180 cm³/mol. The molecule has 0 amide bonds. The van der Waals surface area contributed by atoms with Crippen molar-refractivity contribution in [1.29, 1.82) is 0 Å². The molecule has 272 valence electrons. The zero-order chi connectivity index (χ0) is 35.4. The maximum absolute atomic E-state index is 13.4. The highest BCUT2D eigenvalue weighted by Gasteiger charge is 2.72. The summed E-state index contributed by atoms with van der Waals surface area (Å²) < 4.78 is 18.7. The lowest BCUT2D eigenvalue weighted by Crippen LogP contribution is -2.70. The summed E-state index contributed by atoms with van der Waals surface area (Å²) in [5.41, 5.74) is -0.731. The summed E-state index contributed by atoms with van der Waals surface area (Å²) in [6.07, 6.45) is 5.72. The third kappa shape index (κ3) is 5.65. The highest BCUT2D eigenvalue weighted by atomic mass is 16.6. The van der Waals surface area contributed by atoms with E-state index >= 15 is 0 Å². The third-order valence-corrected chi connectivity index (χ3v) is 14.8. The van der Waals surface area contributed by atoms with Crippen LogP contribution in [-0.2, 0) is 28.6 Å². The molecule has 0 spiro atoms. The van der Waals surface area contributed by atoms with Crippen LogP contribution in [0.25, 0.3) is 0 Å². The van der Waals surface area contributed by atoms with Crippen LogP contribution in [0.1, 0.15) is 93.9 Å². The molecule has 0 radical (unpaired) electrons. The van der Waals surface area contributed by atoms with E-state index in [2.05, 4.69) is 54.5 Å². The first-order chi connectivity index (χ1) is 22.4. The number of aliphatic carboxylic acids is 1. The summed E-state index contributed by atoms with van der Waals surface area (Å²) >= 11 is 0. The average Bonchev–Trinajstić information content (AvgIpc) is 2.99. The zero-order valence-electron chi connectivity index (χ0n) is 30.5. The van der Waals surface area contributed by atoms with Gasteiger partial charge in [0.05, 0.1) is 38.9 Å². The number of carbonyl (C=O) groups excluding carboxylic acids is 2. The fourth-order valence-electron chi connectivity index (χ4n) is 12.0. The van der Waals surface area contributed by atoms with Crippen LogP contribution in [0, 0.1) is 56.7 Å². The number of carboxylic acids is 1. The quantitative estimate of drug-likeness (QED) is 0.208. The number of rotatable bonds is 11. The molecule has 4 fully saturated rings. The van der Waals surface area contributed by atoms with Crippen LogP contribution in [0.2, 0.25) is 0 Å². The lowest BCUT2D eigenvalue weighted by molar-refractivity contribution is -0.263. The molecule has 11 atom stereocenters. The monoisotopic (exact) mass is 675 g/mol. The van der Waals surface area contributed by atoms with Crippen molar-refractivity contribution in [3.8, 4) is 0 Å². The Hall–Kier alpha value is -2.01. The van der Waals surface area contributed by atoms with Gasteiger partial charge in [-0.2, -0.15) is 0 Å². The third-order valence-electron chi connectivity index (χ3n) is 14.8. The van der Waals surface area contributed by atoms with Crippen LogP contribution in [0.3, 0.4) is 0 Å².